The Labute approximate surface area is 161 Å². The summed E-state index contributed by atoms with van der Waals surface area (Å²) in [5, 5.41) is 13.2. The highest BCUT2D eigenvalue weighted by Crippen LogP contribution is 2.30. The summed E-state index contributed by atoms with van der Waals surface area (Å²) in [6, 6.07) is 12.7. The Hall–Kier alpha value is -2.64. The van der Waals surface area contributed by atoms with E-state index in [0.717, 1.165) is 53.6 Å². The Bertz CT molecular complexity index is 933. The number of morpholine rings is 1. The number of fused-ring (bicyclic) bond motifs is 1. The lowest BCUT2D eigenvalue weighted by molar-refractivity contribution is 0.0954. The third kappa shape index (κ3) is 4.20. The summed E-state index contributed by atoms with van der Waals surface area (Å²) in [6.07, 6.45) is 0.718. The molecule has 0 saturated carbocycles. The predicted molar refractivity (Wildman–Crippen MR) is 107 cm³/mol. The number of amides is 1. The molecular weight excluding hydrogens is 362 g/mol. The van der Waals surface area contributed by atoms with Crippen LogP contribution in [-0.2, 0) is 11.2 Å². The second-order valence-corrected chi connectivity index (χ2v) is 7.46. The van der Waals surface area contributed by atoms with Crippen LogP contribution in [-0.4, -0.2) is 48.8 Å². The third-order valence-corrected chi connectivity index (χ3v) is 5.64. The first kappa shape index (κ1) is 17.8. The number of aromatic nitrogens is 1. The molecule has 2 N–H and O–H groups in total. The molecule has 2 aromatic carbocycles. The fourth-order valence-electron chi connectivity index (χ4n) is 3.03. The molecule has 1 aliphatic rings. The van der Waals surface area contributed by atoms with Gasteiger partial charge in [-0.3, -0.25) is 4.79 Å². The number of hydrogen-bond acceptors (Lipinski definition) is 6. The number of ether oxygens (including phenoxy) is 1. The van der Waals surface area contributed by atoms with Crippen molar-refractivity contribution in [3.63, 3.8) is 0 Å². The smallest absolute Gasteiger partial charge is 0.251 e. The molecule has 0 aliphatic carbocycles. The molecule has 0 unspecified atom stereocenters. The van der Waals surface area contributed by atoms with Gasteiger partial charge in [-0.1, -0.05) is 23.5 Å². The highest BCUT2D eigenvalue weighted by molar-refractivity contribution is 7.22. The summed E-state index contributed by atoms with van der Waals surface area (Å²) in [6.45, 7) is 3.70. The van der Waals surface area contributed by atoms with Crippen molar-refractivity contribution in [3.8, 4) is 5.75 Å². The summed E-state index contributed by atoms with van der Waals surface area (Å²) in [5.74, 6) is 0.161. The molecule has 0 atom stereocenters. The fourth-order valence-corrected chi connectivity index (χ4v) is 4.09. The first-order valence-electron chi connectivity index (χ1n) is 8.98. The molecule has 4 rings (SSSR count). The van der Waals surface area contributed by atoms with E-state index in [1.165, 1.54) is 0 Å². The van der Waals surface area contributed by atoms with Crippen LogP contribution in [0.4, 0.5) is 5.13 Å². The topological polar surface area (TPSA) is 74.7 Å². The quantitative estimate of drug-likeness (QED) is 0.709. The molecule has 6 nitrogen and oxygen atoms in total. The highest BCUT2D eigenvalue weighted by Gasteiger charge is 2.16. The molecule has 140 valence electrons. The summed E-state index contributed by atoms with van der Waals surface area (Å²) in [5.41, 5.74) is 2.63. The Balaban J connectivity index is 1.40. The minimum Gasteiger partial charge on any atom is -0.508 e. The van der Waals surface area contributed by atoms with Crippen LogP contribution in [0.2, 0.25) is 0 Å². The summed E-state index contributed by atoms with van der Waals surface area (Å²) in [4.78, 5) is 19.4. The number of phenolic OH excluding ortho intramolecular Hbond substituents is 1. The number of benzene rings is 2. The molecule has 2 heterocycles. The third-order valence-electron chi connectivity index (χ3n) is 4.56. The van der Waals surface area contributed by atoms with Gasteiger partial charge in [-0.2, -0.15) is 0 Å². The monoisotopic (exact) mass is 383 g/mol. The molecule has 0 spiro atoms. The number of aromatic hydroxyl groups is 1. The number of carbonyl (C=O) groups is 1. The molecule has 1 fully saturated rings. The van der Waals surface area contributed by atoms with Gasteiger partial charge in [0.2, 0.25) is 0 Å². The van der Waals surface area contributed by atoms with Gasteiger partial charge in [0, 0.05) is 25.2 Å². The average Bonchev–Trinajstić information content (AvgIpc) is 3.13. The second-order valence-electron chi connectivity index (χ2n) is 6.45. The Morgan fingerprint density at radius 1 is 1.19 bits per heavy atom. The van der Waals surface area contributed by atoms with Crippen LogP contribution in [0.25, 0.3) is 10.2 Å². The van der Waals surface area contributed by atoms with Crippen LogP contribution < -0.4 is 10.2 Å². The number of thiazole rings is 1. The van der Waals surface area contributed by atoms with Gasteiger partial charge in [-0.15, -0.1) is 0 Å². The van der Waals surface area contributed by atoms with Crippen LogP contribution in [0.5, 0.6) is 5.75 Å². The predicted octanol–water partition coefficient (Wildman–Crippen LogP) is 2.81. The first-order valence-corrected chi connectivity index (χ1v) is 9.80. The van der Waals surface area contributed by atoms with E-state index in [1.807, 2.05) is 30.3 Å². The van der Waals surface area contributed by atoms with Gasteiger partial charge in [0.25, 0.3) is 5.91 Å². The minimum absolute atomic E-state index is 0.0861. The normalized spacial score (nSPS) is 14.4. The van der Waals surface area contributed by atoms with Crippen molar-refractivity contribution in [2.45, 2.75) is 6.42 Å². The van der Waals surface area contributed by atoms with E-state index >= 15 is 0 Å². The molecule has 3 aromatic rings. The van der Waals surface area contributed by atoms with Crippen LogP contribution in [0.3, 0.4) is 0 Å². The molecule has 1 aromatic heterocycles. The number of carbonyl (C=O) groups excluding carboxylic acids is 1. The molecule has 1 aliphatic heterocycles. The molecule has 0 bridgehead atoms. The van der Waals surface area contributed by atoms with E-state index < -0.39 is 0 Å². The zero-order chi connectivity index (χ0) is 18.6. The van der Waals surface area contributed by atoms with Crippen molar-refractivity contribution in [2.24, 2.45) is 0 Å². The summed E-state index contributed by atoms with van der Waals surface area (Å²) in [7, 11) is 0. The van der Waals surface area contributed by atoms with Crippen molar-refractivity contribution in [2.75, 3.05) is 37.7 Å². The lowest BCUT2D eigenvalue weighted by Gasteiger charge is -2.25. The summed E-state index contributed by atoms with van der Waals surface area (Å²) >= 11 is 1.61. The summed E-state index contributed by atoms with van der Waals surface area (Å²) < 4.78 is 6.41. The zero-order valence-electron chi connectivity index (χ0n) is 14.9. The Morgan fingerprint density at radius 3 is 2.74 bits per heavy atom. The standard InChI is InChI=1S/C20H21N3O3S/c24-16-4-1-14(2-5-16)7-8-21-19(25)15-3-6-17-18(13-15)27-20(22-17)23-9-11-26-12-10-23/h1-6,13,24H,7-12H2,(H,21,25). The molecule has 1 saturated heterocycles. The van der Waals surface area contributed by atoms with Crippen molar-refractivity contribution in [3.05, 3.63) is 53.6 Å². The van der Waals surface area contributed by atoms with Gasteiger partial charge in [0.15, 0.2) is 5.13 Å². The Kier molecular flexibility index (Phi) is 5.22. The lowest BCUT2D eigenvalue weighted by Crippen LogP contribution is -2.36. The van der Waals surface area contributed by atoms with Gasteiger partial charge in [0.1, 0.15) is 5.75 Å². The van der Waals surface area contributed by atoms with Crippen LogP contribution in [0, 0.1) is 0 Å². The first-order chi connectivity index (χ1) is 13.2. The molecule has 0 radical (unpaired) electrons. The molecular formula is C20H21N3O3S. The molecule has 27 heavy (non-hydrogen) atoms. The van der Waals surface area contributed by atoms with Crippen molar-refractivity contribution < 1.29 is 14.6 Å². The fraction of sp³-hybridized carbons (Fsp3) is 0.300. The van der Waals surface area contributed by atoms with Crippen LogP contribution in [0.1, 0.15) is 15.9 Å². The van der Waals surface area contributed by atoms with Gasteiger partial charge in [0.05, 0.1) is 23.4 Å². The van der Waals surface area contributed by atoms with Crippen molar-refractivity contribution in [1.29, 1.82) is 0 Å². The number of anilines is 1. The SMILES string of the molecule is O=C(NCCc1ccc(O)cc1)c1ccc2nc(N3CCOCC3)sc2c1. The van der Waals surface area contributed by atoms with Gasteiger partial charge in [-0.05, 0) is 42.3 Å². The molecule has 7 heteroatoms. The van der Waals surface area contributed by atoms with Crippen LogP contribution >= 0.6 is 11.3 Å². The second kappa shape index (κ2) is 7.94. The lowest BCUT2D eigenvalue weighted by atomic mass is 10.1. The maximum absolute atomic E-state index is 12.4. The zero-order valence-corrected chi connectivity index (χ0v) is 15.7. The minimum atomic E-state index is -0.0861. The maximum Gasteiger partial charge on any atom is 0.251 e. The van der Waals surface area contributed by atoms with Crippen LogP contribution in [0.15, 0.2) is 42.5 Å². The maximum atomic E-state index is 12.4. The number of hydrogen-bond donors (Lipinski definition) is 2. The van der Waals surface area contributed by atoms with E-state index in [9.17, 15) is 9.90 Å². The van der Waals surface area contributed by atoms with Crippen molar-refractivity contribution >= 4 is 32.6 Å². The molecule has 1 amide bonds. The Morgan fingerprint density at radius 2 is 1.96 bits per heavy atom. The number of phenols is 1. The van der Waals surface area contributed by atoms with Gasteiger partial charge in [-0.25, -0.2) is 4.98 Å². The van der Waals surface area contributed by atoms with Gasteiger partial charge >= 0.3 is 0 Å². The number of rotatable bonds is 5. The van der Waals surface area contributed by atoms with Gasteiger partial charge < -0.3 is 20.1 Å². The number of nitrogens with zero attached hydrogens (tertiary/aromatic N) is 2. The highest BCUT2D eigenvalue weighted by atomic mass is 32.1. The van der Waals surface area contributed by atoms with E-state index in [1.54, 1.807) is 23.5 Å². The van der Waals surface area contributed by atoms with E-state index in [4.69, 9.17) is 4.74 Å². The average molecular weight is 383 g/mol. The van der Waals surface area contributed by atoms with E-state index in [0.29, 0.717) is 12.1 Å². The van der Waals surface area contributed by atoms with E-state index in [-0.39, 0.29) is 11.7 Å². The number of nitrogens with one attached hydrogen (secondary N) is 1. The van der Waals surface area contributed by atoms with E-state index in [2.05, 4.69) is 15.2 Å². The van der Waals surface area contributed by atoms with Crippen molar-refractivity contribution in [1.82, 2.24) is 10.3 Å². The largest absolute Gasteiger partial charge is 0.508 e.